The molecule has 0 N–H and O–H groups in total. The first-order chi connectivity index (χ1) is 51.8. The molecule has 0 atom stereocenters. The Morgan fingerprint density at radius 1 is 0.275 bits per heavy atom. The van der Waals surface area contributed by atoms with Crippen molar-refractivity contribution in [1.82, 2.24) is 9.13 Å². The van der Waals surface area contributed by atoms with Crippen LogP contribution in [-0.2, 0) is 38.9 Å². The molecule has 15 aromatic rings. The first kappa shape index (κ1) is 69.8. The van der Waals surface area contributed by atoms with Crippen molar-refractivity contribution in [3.8, 4) is 33.6 Å². The van der Waals surface area contributed by atoms with Crippen LogP contribution in [0.4, 0.5) is 34.1 Å². The maximum Gasteiger partial charge on any atom is 0.252 e. The average molecular weight is 1420 g/mol. The summed E-state index contributed by atoms with van der Waals surface area (Å²) in [5, 5.41) is 5.09. The monoisotopic (exact) mass is 1420 g/mol. The summed E-state index contributed by atoms with van der Waals surface area (Å²) in [6.45, 7) is 42.0. The molecule has 2 aliphatic heterocycles. The van der Waals surface area contributed by atoms with E-state index in [-0.39, 0.29) is 45.1 Å². The number of aromatic nitrogens is 2. The van der Waals surface area contributed by atoms with Gasteiger partial charge < -0.3 is 18.9 Å². The molecular formula is C104H101BN4. The summed E-state index contributed by atoms with van der Waals surface area (Å²) in [6, 6.07) is 105. The van der Waals surface area contributed by atoms with Crippen LogP contribution in [0.25, 0.3) is 77.2 Å². The smallest absolute Gasteiger partial charge is 0.252 e. The minimum absolute atomic E-state index is 0.0517. The van der Waals surface area contributed by atoms with E-state index in [0.29, 0.717) is 0 Å². The van der Waals surface area contributed by atoms with E-state index in [1.807, 2.05) is 0 Å². The maximum atomic E-state index is 2.73. The van der Waals surface area contributed by atoms with E-state index in [2.05, 4.69) is 410 Å². The van der Waals surface area contributed by atoms with Crippen LogP contribution in [0, 0.1) is 0 Å². The molecule has 3 aliphatic rings. The van der Waals surface area contributed by atoms with Crippen molar-refractivity contribution in [2.24, 2.45) is 0 Å². The Kier molecular flexibility index (Phi) is 15.9. The summed E-state index contributed by atoms with van der Waals surface area (Å²) in [7, 11) is 0. The lowest BCUT2D eigenvalue weighted by Crippen LogP contribution is -2.61. The molecule has 540 valence electrons. The highest BCUT2D eigenvalue weighted by atomic mass is 15.2. The van der Waals surface area contributed by atoms with E-state index in [9.17, 15) is 0 Å². The van der Waals surface area contributed by atoms with Crippen LogP contribution in [0.2, 0.25) is 0 Å². The third kappa shape index (κ3) is 11.6. The van der Waals surface area contributed by atoms with Gasteiger partial charge in [-0.05, 0) is 237 Å². The molecule has 0 amide bonds. The van der Waals surface area contributed by atoms with Crippen LogP contribution in [0.3, 0.4) is 0 Å². The summed E-state index contributed by atoms with van der Waals surface area (Å²) < 4.78 is 5.15. The van der Waals surface area contributed by atoms with Crippen molar-refractivity contribution < 1.29 is 0 Å². The fourth-order valence-corrected chi connectivity index (χ4v) is 18.2. The Balaban J connectivity index is 1.01. The number of nitrogens with zero attached hydrogens (tertiary/aromatic N) is 4. The van der Waals surface area contributed by atoms with Gasteiger partial charge >= 0.3 is 0 Å². The van der Waals surface area contributed by atoms with E-state index in [1.54, 1.807) is 0 Å². The molecule has 0 spiro atoms. The number of fused-ring (bicyclic) bond motifs is 12. The van der Waals surface area contributed by atoms with Crippen LogP contribution in [0.15, 0.2) is 267 Å². The van der Waals surface area contributed by atoms with Crippen molar-refractivity contribution in [1.29, 1.82) is 0 Å². The Labute approximate surface area is 646 Å². The molecule has 1 aliphatic carbocycles. The molecule has 0 saturated carbocycles. The fraction of sp³-hybridized carbons (Fsp3) is 0.250. The van der Waals surface area contributed by atoms with E-state index < -0.39 is 0 Å². The molecule has 0 bridgehead atoms. The van der Waals surface area contributed by atoms with Gasteiger partial charge in [0.2, 0.25) is 0 Å². The number of hydrogen-bond acceptors (Lipinski definition) is 2. The lowest BCUT2D eigenvalue weighted by atomic mass is 9.33. The number of hydrogen-bond donors (Lipinski definition) is 0. The fourth-order valence-electron chi connectivity index (χ4n) is 18.2. The van der Waals surface area contributed by atoms with E-state index in [4.69, 9.17) is 0 Å². The molecule has 2 aromatic heterocycles. The first-order valence-corrected chi connectivity index (χ1v) is 39.7. The zero-order chi connectivity index (χ0) is 75.9. The van der Waals surface area contributed by atoms with Gasteiger partial charge in [0.15, 0.2) is 0 Å². The molecule has 0 saturated heterocycles. The highest BCUT2D eigenvalue weighted by Crippen LogP contribution is 2.54. The van der Waals surface area contributed by atoms with Crippen molar-refractivity contribution in [2.75, 3.05) is 9.80 Å². The lowest BCUT2D eigenvalue weighted by Gasteiger charge is -2.46. The standard InChI is InChI=1S/C104H101BN4/c1-99(2,3)69-37-47-87(79(56-69)64-29-21-19-22-30-64)108-93-62-75(106-89-49-39-71(101(7,8)9)58-81(89)82-59-72(102(10,11)12)40-50-90(82)106)43-45-85(93)105-86-46-44-76(107-91-51-41-73(103(13,14)15)60-83(91)84-61-74(104(16,17)18)42-52-92(84)107)63-94(86)109(88-48-38-70(100(4,5)6)57-80(88)65-31-23-20-24-32-65)96-55-68(54-95(108)98(96)105)97-77-35-27-25-33-66(77)53-67-34-26-28-36-78(67)97/h19-52,54-63,97H,53H2,1-18H3. The summed E-state index contributed by atoms with van der Waals surface area (Å²) in [5.74, 6) is -0.0961. The summed E-state index contributed by atoms with van der Waals surface area (Å²) in [4.78, 5) is 5.45. The Morgan fingerprint density at radius 3 is 0.927 bits per heavy atom. The van der Waals surface area contributed by atoms with Crippen molar-refractivity contribution >= 4 is 101 Å². The van der Waals surface area contributed by atoms with Gasteiger partial charge in [0.1, 0.15) is 0 Å². The molecule has 0 radical (unpaired) electrons. The van der Waals surface area contributed by atoms with E-state index in [1.165, 1.54) is 155 Å². The molecule has 0 unspecified atom stereocenters. The first-order valence-electron chi connectivity index (χ1n) is 39.7. The van der Waals surface area contributed by atoms with Crippen molar-refractivity contribution in [3.05, 3.63) is 328 Å². The highest BCUT2D eigenvalue weighted by Gasteiger charge is 2.46. The van der Waals surface area contributed by atoms with Gasteiger partial charge in [-0.1, -0.05) is 282 Å². The second-order valence-corrected chi connectivity index (χ2v) is 37.9. The number of rotatable bonds is 7. The van der Waals surface area contributed by atoms with Crippen molar-refractivity contribution in [2.45, 2.75) is 169 Å². The second-order valence-electron chi connectivity index (χ2n) is 37.9. The van der Waals surface area contributed by atoms with E-state index >= 15 is 0 Å². The lowest BCUT2D eigenvalue weighted by molar-refractivity contribution is 0.590. The van der Waals surface area contributed by atoms with Gasteiger partial charge in [-0.2, -0.15) is 0 Å². The van der Waals surface area contributed by atoms with Crippen LogP contribution < -0.4 is 26.2 Å². The second kappa shape index (κ2) is 24.8. The Bertz CT molecular complexity index is 5700. The zero-order valence-corrected chi connectivity index (χ0v) is 67.1. The van der Waals surface area contributed by atoms with Gasteiger partial charge in [-0.15, -0.1) is 0 Å². The maximum absolute atomic E-state index is 2.73. The third-order valence-corrected chi connectivity index (χ3v) is 24.4. The van der Waals surface area contributed by atoms with Crippen LogP contribution >= 0.6 is 0 Å². The molecule has 0 fully saturated rings. The van der Waals surface area contributed by atoms with Crippen LogP contribution in [0.1, 0.15) is 192 Å². The highest BCUT2D eigenvalue weighted by molar-refractivity contribution is 7.00. The summed E-state index contributed by atoms with van der Waals surface area (Å²) in [5.41, 5.74) is 36.6. The SMILES string of the molecule is CC(C)(C)c1ccc(N2c3cc(-n4c5ccc(C(C)(C)C)cc5c5cc(C(C)(C)C)ccc54)ccc3B3c4ccc(-n5c6ccc(C(C)(C)C)cc6c6cc(C(C)(C)C)ccc65)cc4N(c4ccc(C(C)(C)C)cc4-c4ccccc4)c4cc(C5c6ccccc6Cc6ccccc65)cc2c43)c(-c2ccccc2)c1. The van der Waals surface area contributed by atoms with Crippen LogP contribution in [0.5, 0.6) is 0 Å². The van der Waals surface area contributed by atoms with Gasteiger partial charge in [0.05, 0.1) is 33.4 Å². The number of benzene rings is 13. The molecule has 18 rings (SSSR count). The minimum Gasteiger partial charge on any atom is -0.311 e. The summed E-state index contributed by atoms with van der Waals surface area (Å²) >= 11 is 0. The molecule has 13 aromatic carbocycles. The Hall–Kier alpha value is -10.9. The van der Waals surface area contributed by atoms with Crippen molar-refractivity contribution in [3.63, 3.8) is 0 Å². The normalized spacial score (nSPS) is 14.0. The predicted molar refractivity (Wildman–Crippen MR) is 469 cm³/mol. The van der Waals surface area contributed by atoms with Gasteiger partial charge in [0, 0.05) is 72.7 Å². The molecule has 4 heterocycles. The van der Waals surface area contributed by atoms with Crippen LogP contribution in [-0.4, -0.2) is 15.8 Å². The predicted octanol–water partition coefficient (Wildman–Crippen LogP) is 26.2. The van der Waals surface area contributed by atoms with Gasteiger partial charge in [-0.3, -0.25) is 0 Å². The topological polar surface area (TPSA) is 16.3 Å². The number of anilines is 6. The molecule has 4 nitrogen and oxygen atoms in total. The van der Waals surface area contributed by atoms with Gasteiger partial charge in [-0.25, -0.2) is 0 Å². The Morgan fingerprint density at radius 2 is 0.587 bits per heavy atom. The molecule has 5 heteroatoms. The van der Waals surface area contributed by atoms with E-state index in [0.717, 1.165) is 40.5 Å². The molecule has 109 heavy (non-hydrogen) atoms. The third-order valence-electron chi connectivity index (χ3n) is 24.4. The summed E-state index contributed by atoms with van der Waals surface area (Å²) in [6.07, 6.45) is 0.879. The average Bonchev–Trinajstić information content (AvgIpc) is 0.981. The largest absolute Gasteiger partial charge is 0.311 e. The van der Waals surface area contributed by atoms with Gasteiger partial charge in [0.25, 0.3) is 6.71 Å². The molecular weight excluding hydrogens is 1320 g/mol. The quantitative estimate of drug-likeness (QED) is 0.148. The minimum atomic E-state index is -0.225. The zero-order valence-electron chi connectivity index (χ0n) is 67.1.